The molecular formula is C10H19IO3. The third kappa shape index (κ3) is 2.40. The second-order valence-electron chi connectivity index (χ2n) is 5.03. The zero-order valence-electron chi connectivity index (χ0n) is 8.87. The summed E-state index contributed by atoms with van der Waals surface area (Å²) >= 11 is 2.15. The zero-order chi connectivity index (χ0) is 11.1. The Morgan fingerprint density at radius 3 is 2.21 bits per heavy atom. The molecule has 1 fully saturated rings. The molecule has 1 saturated carbocycles. The van der Waals surface area contributed by atoms with E-state index in [1.165, 1.54) is 0 Å². The van der Waals surface area contributed by atoms with Crippen molar-refractivity contribution < 1.29 is 15.3 Å². The molecule has 0 radical (unpaired) electrons. The second kappa shape index (κ2) is 3.88. The van der Waals surface area contributed by atoms with Gasteiger partial charge in [0.05, 0.1) is 17.3 Å². The lowest BCUT2D eigenvalue weighted by atomic mass is 9.72. The van der Waals surface area contributed by atoms with E-state index in [1.54, 1.807) is 20.8 Å². The van der Waals surface area contributed by atoms with E-state index in [0.717, 1.165) is 6.42 Å². The van der Waals surface area contributed by atoms with Crippen molar-refractivity contribution in [2.75, 3.05) is 0 Å². The largest absolute Gasteiger partial charge is 0.390 e. The summed E-state index contributed by atoms with van der Waals surface area (Å²) < 4.78 is -0.0136. The summed E-state index contributed by atoms with van der Waals surface area (Å²) in [4.78, 5) is 0. The van der Waals surface area contributed by atoms with Crippen molar-refractivity contribution in [3.05, 3.63) is 0 Å². The first-order valence-corrected chi connectivity index (χ1v) is 6.17. The molecule has 0 heterocycles. The summed E-state index contributed by atoms with van der Waals surface area (Å²) in [6, 6.07) is 0. The van der Waals surface area contributed by atoms with Gasteiger partial charge in [-0.1, -0.05) is 22.6 Å². The molecule has 4 heteroatoms. The molecule has 0 aromatic rings. The average molecular weight is 314 g/mol. The molecule has 3 N–H and O–H groups in total. The van der Waals surface area contributed by atoms with Gasteiger partial charge in [-0.25, -0.2) is 0 Å². The summed E-state index contributed by atoms with van der Waals surface area (Å²) in [5.74, 6) is 0.0552. The molecule has 1 rings (SSSR count). The Hall–Kier alpha value is 0.610. The maximum absolute atomic E-state index is 9.96. The van der Waals surface area contributed by atoms with Gasteiger partial charge in [-0.05, 0) is 39.5 Å². The zero-order valence-corrected chi connectivity index (χ0v) is 11.0. The molecule has 0 unspecified atom stereocenters. The Labute approximate surface area is 98.7 Å². The third-order valence-electron chi connectivity index (χ3n) is 3.31. The van der Waals surface area contributed by atoms with E-state index in [1.807, 2.05) is 0 Å². The molecule has 1 aliphatic carbocycles. The van der Waals surface area contributed by atoms with Crippen LogP contribution >= 0.6 is 22.6 Å². The van der Waals surface area contributed by atoms with E-state index >= 15 is 0 Å². The summed E-state index contributed by atoms with van der Waals surface area (Å²) in [6.07, 6.45) is 0.471. The first-order valence-electron chi connectivity index (χ1n) is 4.92. The molecule has 0 aromatic heterocycles. The minimum absolute atomic E-state index is 0.0136. The number of halogens is 1. The van der Waals surface area contributed by atoms with Gasteiger partial charge in [-0.2, -0.15) is 0 Å². The number of rotatable bonds is 1. The highest BCUT2D eigenvalue weighted by Crippen LogP contribution is 2.41. The van der Waals surface area contributed by atoms with Gasteiger partial charge in [-0.15, -0.1) is 0 Å². The molecule has 0 bridgehead atoms. The molecule has 0 saturated heterocycles. The molecule has 0 spiro atoms. The van der Waals surface area contributed by atoms with Crippen molar-refractivity contribution in [1.82, 2.24) is 0 Å². The van der Waals surface area contributed by atoms with Gasteiger partial charge in [-0.3, -0.25) is 0 Å². The van der Waals surface area contributed by atoms with E-state index in [4.69, 9.17) is 0 Å². The van der Waals surface area contributed by atoms with Crippen molar-refractivity contribution in [2.24, 2.45) is 5.92 Å². The highest BCUT2D eigenvalue weighted by molar-refractivity contribution is 14.1. The molecule has 84 valence electrons. The van der Waals surface area contributed by atoms with Crippen molar-refractivity contribution in [3.8, 4) is 0 Å². The predicted octanol–water partition coefficient (Wildman–Crippen LogP) is 1.08. The van der Waals surface area contributed by atoms with Crippen LogP contribution in [0.3, 0.4) is 0 Å². The highest BCUT2D eigenvalue weighted by Gasteiger charge is 2.47. The average Bonchev–Trinajstić information content (AvgIpc) is 1.98. The number of hydrogen-bond donors (Lipinski definition) is 3. The van der Waals surface area contributed by atoms with Crippen LogP contribution in [0, 0.1) is 5.92 Å². The van der Waals surface area contributed by atoms with Crippen molar-refractivity contribution in [1.29, 1.82) is 0 Å². The molecule has 0 aliphatic heterocycles. The van der Waals surface area contributed by atoms with Crippen LogP contribution in [0.1, 0.15) is 33.6 Å². The Kier molecular flexibility index (Phi) is 3.52. The van der Waals surface area contributed by atoms with Gasteiger partial charge < -0.3 is 15.3 Å². The number of hydrogen-bond acceptors (Lipinski definition) is 3. The number of alkyl halides is 1. The molecule has 4 atom stereocenters. The molecule has 3 nitrogen and oxygen atoms in total. The van der Waals surface area contributed by atoms with Crippen LogP contribution in [0.5, 0.6) is 0 Å². The fourth-order valence-electron chi connectivity index (χ4n) is 1.88. The SMILES string of the molecule is CC(C)(O)[C@@H]1C[C@@H](O)[C@](C)(O)[C@@H](I)C1. The number of aliphatic hydroxyl groups excluding tert-OH is 1. The summed E-state index contributed by atoms with van der Waals surface area (Å²) in [5, 5.41) is 29.6. The lowest BCUT2D eigenvalue weighted by Crippen LogP contribution is -2.55. The van der Waals surface area contributed by atoms with E-state index in [0.29, 0.717) is 6.42 Å². The number of aliphatic hydroxyl groups is 3. The van der Waals surface area contributed by atoms with Gasteiger partial charge in [0.2, 0.25) is 0 Å². The Morgan fingerprint density at radius 2 is 1.86 bits per heavy atom. The Morgan fingerprint density at radius 1 is 1.36 bits per heavy atom. The van der Waals surface area contributed by atoms with Crippen LogP contribution in [0.2, 0.25) is 0 Å². The Balaban J connectivity index is 2.76. The minimum Gasteiger partial charge on any atom is -0.390 e. The van der Waals surface area contributed by atoms with Gasteiger partial charge >= 0.3 is 0 Å². The van der Waals surface area contributed by atoms with Gasteiger partial charge in [0.25, 0.3) is 0 Å². The maximum atomic E-state index is 9.96. The first kappa shape index (κ1) is 12.7. The van der Waals surface area contributed by atoms with E-state index in [-0.39, 0.29) is 9.84 Å². The monoisotopic (exact) mass is 314 g/mol. The predicted molar refractivity (Wildman–Crippen MR) is 63.5 cm³/mol. The smallest absolute Gasteiger partial charge is 0.0994 e. The summed E-state index contributed by atoms with van der Waals surface area (Å²) in [7, 11) is 0. The summed E-state index contributed by atoms with van der Waals surface area (Å²) in [5.41, 5.74) is -1.80. The topological polar surface area (TPSA) is 60.7 Å². The highest BCUT2D eigenvalue weighted by atomic mass is 127. The standard InChI is InChI=1S/C10H19IO3/c1-9(2,13)6-4-7(11)10(3,14)8(12)5-6/h6-8,12-14H,4-5H2,1-3H3/t6-,7-,8+,10+/m0/s1. The molecule has 1 aliphatic rings. The van der Waals surface area contributed by atoms with Crippen LogP contribution in [0.4, 0.5) is 0 Å². The minimum atomic E-state index is -1.03. The molecule has 0 amide bonds. The Bertz CT molecular complexity index is 196. The molecule has 14 heavy (non-hydrogen) atoms. The maximum Gasteiger partial charge on any atom is 0.0994 e. The van der Waals surface area contributed by atoms with Gasteiger partial charge in [0.1, 0.15) is 0 Å². The fourth-order valence-corrected chi connectivity index (χ4v) is 2.91. The van der Waals surface area contributed by atoms with Crippen LogP contribution in [-0.2, 0) is 0 Å². The first-order chi connectivity index (χ1) is 6.15. The fraction of sp³-hybridized carbons (Fsp3) is 1.00. The van der Waals surface area contributed by atoms with E-state index in [9.17, 15) is 15.3 Å². The van der Waals surface area contributed by atoms with Crippen LogP contribution in [-0.4, -0.2) is 36.6 Å². The molecular weight excluding hydrogens is 295 g/mol. The van der Waals surface area contributed by atoms with Crippen molar-refractivity contribution in [2.45, 2.75) is 54.8 Å². The van der Waals surface area contributed by atoms with Crippen LogP contribution < -0.4 is 0 Å². The lowest BCUT2D eigenvalue weighted by molar-refractivity contribution is -0.118. The normalized spacial score (nSPS) is 45.2. The second-order valence-corrected chi connectivity index (χ2v) is 6.53. The van der Waals surface area contributed by atoms with Crippen LogP contribution in [0.25, 0.3) is 0 Å². The van der Waals surface area contributed by atoms with Crippen molar-refractivity contribution >= 4 is 22.6 Å². The third-order valence-corrected chi connectivity index (χ3v) is 5.08. The lowest BCUT2D eigenvalue weighted by Gasteiger charge is -2.45. The van der Waals surface area contributed by atoms with Gasteiger partial charge in [0.15, 0.2) is 0 Å². The van der Waals surface area contributed by atoms with Crippen molar-refractivity contribution in [3.63, 3.8) is 0 Å². The van der Waals surface area contributed by atoms with E-state index < -0.39 is 17.3 Å². The quantitative estimate of drug-likeness (QED) is 0.501. The molecule has 0 aromatic carbocycles. The van der Waals surface area contributed by atoms with Crippen LogP contribution in [0.15, 0.2) is 0 Å². The van der Waals surface area contributed by atoms with Gasteiger partial charge in [0, 0.05) is 3.92 Å². The summed E-state index contributed by atoms with van der Waals surface area (Å²) in [6.45, 7) is 5.18. The van der Waals surface area contributed by atoms with E-state index in [2.05, 4.69) is 22.6 Å².